The van der Waals surface area contributed by atoms with Crippen LogP contribution in [0, 0.1) is 0 Å². The molecule has 4 rings (SSSR count). The lowest BCUT2D eigenvalue weighted by molar-refractivity contribution is 0.304. The molecule has 1 atom stereocenters. The topological polar surface area (TPSA) is 9.23 Å². The second-order valence-electron chi connectivity index (χ2n) is 11.7. The number of rotatable bonds is 20. The molecule has 2 heteroatoms. The number of hydrogen-bond acceptors (Lipinski definition) is 1. The van der Waals surface area contributed by atoms with Gasteiger partial charge in [-0.2, -0.15) is 0 Å². The van der Waals surface area contributed by atoms with Crippen LogP contribution in [0.1, 0.15) is 126 Å². The Morgan fingerprint density at radius 2 is 0.950 bits per heavy atom. The highest BCUT2D eigenvalue weighted by Crippen LogP contribution is 2.49. The molecular weight excluding hydrogens is 504 g/mol. The van der Waals surface area contributed by atoms with Crippen LogP contribution < -0.4 is 4.74 Å². The van der Waals surface area contributed by atoms with Gasteiger partial charge in [-0.05, 0) is 41.8 Å². The molecule has 0 saturated carbocycles. The molecule has 0 aliphatic heterocycles. The molecule has 1 unspecified atom stereocenters. The molecule has 40 heavy (non-hydrogen) atoms. The van der Waals surface area contributed by atoms with Crippen LogP contribution in [-0.2, 0) is 10.9 Å². The monoisotopic (exact) mass is 557 g/mol. The molecule has 0 spiro atoms. The first-order valence-electron chi connectivity index (χ1n) is 16.4. The maximum Gasteiger partial charge on any atom is 0.174 e. The van der Waals surface area contributed by atoms with Crippen molar-refractivity contribution in [2.45, 2.75) is 120 Å². The molecule has 0 saturated heterocycles. The minimum Gasteiger partial charge on any atom is -0.494 e. The van der Waals surface area contributed by atoms with Gasteiger partial charge in [0.15, 0.2) is 10.1 Å². The Kier molecular flexibility index (Phi) is 13.5. The summed E-state index contributed by atoms with van der Waals surface area (Å²) in [5.41, 5.74) is 5.75. The molecule has 0 amide bonds. The van der Waals surface area contributed by atoms with E-state index in [1.54, 1.807) is 0 Å². The zero-order chi connectivity index (χ0) is 27.8. The Morgan fingerprint density at radius 3 is 1.43 bits per heavy atom. The van der Waals surface area contributed by atoms with Gasteiger partial charge >= 0.3 is 0 Å². The largest absolute Gasteiger partial charge is 0.494 e. The molecule has 216 valence electrons. The van der Waals surface area contributed by atoms with Crippen molar-refractivity contribution < 1.29 is 4.74 Å². The van der Waals surface area contributed by atoms with E-state index in [1.807, 2.05) is 0 Å². The molecule has 3 aromatic rings. The standard InChI is InChI=1S/C38H53OS/c1-3-4-5-6-7-8-9-10-11-12-13-14-15-16-17-22-31-39-32-27-29-33(30-28-32)40(2)38-36-25-20-18-23-34(36)35-24-19-21-26-37(35)38/h18-21,23-30,38H,3-17,22,31H2,1-2H3/q+1. The zero-order valence-electron chi connectivity index (χ0n) is 25.3. The van der Waals surface area contributed by atoms with Gasteiger partial charge in [-0.15, -0.1) is 0 Å². The van der Waals surface area contributed by atoms with E-state index in [0.29, 0.717) is 5.25 Å². The van der Waals surface area contributed by atoms with Crippen LogP contribution in [0.4, 0.5) is 0 Å². The fourth-order valence-corrected chi connectivity index (χ4v) is 8.23. The van der Waals surface area contributed by atoms with Crippen molar-refractivity contribution in [3.05, 3.63) is 83.9 Å². The minimum absolute atomic E-state index is 0.0864. The van der Waals surface area contributed by atoms with E-state index in [2.05, 4.69) is 86.0 Å². The molecule has 1 nitrogen and oxygen atoms in total. The van der Waals surface area contributed by atoms with Gasteiger partial charge in [-0.3, -0.25) is 0 Å². The Bertz CT molecular complexity index is 1060. The third-order valence-electron chi connectivity index (χ3n) is 8.59. The molecule has 0 bridgehead atoms. The summed E-state index contributed by atoms with van der Waals surface area (Å²) in [6.07, 6.45) is 24.8. The normalized spacial score (nSPS) is 13.2. The van der Waals surface area contributed by atoms with Crippen LogP contribution >= 0.6 is 0 Å². The SMILES string of the molecule is CCCCCCCCCCCCCCCCCCOc1ccc([S+](C)C2c3ccccc3-c3ccccc32)cc1. The number of fused-ring (bicyclic) bond motifs is 3. The number of unbranched alkanes of at least 4 members (excludes halogenated alkanes) is 15. The second kappa shape index (κ2) is 17.6. The van der Waals surface area contributed by atoms with Crippen molar-refractivity contribution in [1.82, 2.24) is 0 Å². The maximum atomic E-state index is 6.10. The van der Waals surface area contributed by atoms with E-state index in [9.17, 15) is 0 Å². The summed E-state index contributed by atoms with van der Waals surface area (Å²) in [7, 11) is 0.0864. The molecule has 1 aliphatic carbocycles. The van der Waals surface area contributed by atoms with Gasteiger partial charge < -0.3 is 4.74 Å². The van der Waals surface area contributed by atoms with Gasteiger partial charge in [0, 0.05) is 22.0 Å². The van der Waals surface area contributed by atoms with Crippen molar-refractivity contribution in [2.75, 3.05) is 12.9 Å². The quantitative estimate of drug-likeness (QED) is 0.0991. The van der Waals surface area contributed by atoms with Crippen molar-refractivity contribution in [3.8, 4) is 16.9 Å². The van der Waals surface area contributed by atoms with Gasteiger partial charge in [-0.25, -0.2) is 0 Å². The smallest absolute Gasteiger partial charge is 0.174 e. The predicted molar refractivity (Wildman–Crippen MR) is 177 cm³/mol. The van der Waals surface area contributed by atoms with Crippen LogP contribution in [0.3, 0.4) is 0 Å². The summed E-state index contributed by atoms with van der Waals surface area (Å²) in [4.78, 5) is 1.41. The first-order chi connectivity index (χ1) is 19.8. The summed E-state index contributed by atoms with van der Waals surface area (Å²) in [5.74, 6) is 1.01. The fraction of sp³-hybridized carbons (Fsp3) is 0.526. The molecular formula is C38H53OS+. The van der Waals surface area contributed by atoms with Crippen LogP contribution in [-0.4, -0.2) is 12.9 Å². The third kappa shape index (κ3) is 9.16. The number of ether oxygens (including phenoxy) is 1. The fourth-order valence-electron chi connectivity index (χ4n) is 6.22. The summed E-state index contributed by atoms with van der Waals surface area (Å²) in [6.45, 7) is 3.13. The van der Waals surface area contributed by atoms with Gasteiger partial charge in [-0.1, -0.05) is 152 Å². The molecule has 0 fully saturated rings. The number of benzene rings is 3. The summed E-state index contributed by atoms with van der Waals surface area (Å²) in [6, 6.07) is 26.8. The van der Waals surface area contributed by atoms with E-state index < -0.39 is 0 Å². The summed E-state index contributed by atoms with van der Waals surface area (Å²) < 4.78 is 6.10. The molecule has 3 aromatic carbocycles. The zero-order valence-corrected chi connectivity index (χ0v) is 26.2. The molecule has 0 radical (unpaired) electrons. The van der Waals surface area contributed by atoms with Gasteiger partial charge in [0.25, 0.3) is 0 Å². The highest BCUT2D eigenvalue weighted by molar-refractivity contribution is 7.96. The van der Waals surface area contributed by atoms with E-state index in [1.165, 1.54) is 123 Å². The first-order valence-corrected chi connectivity index (χ1v) is 18.0. The van der Waals surface area contributed by atoms with E-state index in [4.69, 9.17) is 4.74 Å². The summed E-state index contributed by atoms with van der Waals surface area (Å²) in [5, 5.41) is 0.435. The number of hydrogen-bond donors (Lipinski definition) is 0. The molecule has 1 aliphatic rings. The van der Waals surface area contributed by atoms with Crippen LogP contribution in [0.15, 0.2) is 77.7 Å². The lowest BCUT2D eigenvalue weighted by atomic mass is 10.0. The summed E-state index contributed by atoms with van der Waals surface area (Å²) >= 11 is 0. The van der Waals surface area contributed by atoms with Gasteiger partial charge in [0.1, 0.15) is 12.0 Å². The predicted octanol–water partition coefficient (Wildman–Crippen LogP) is 11.7. The molecule has 0 heterocycles. The van der Waals surface area contributed by atoms with Crippen molar-refractivity contribution >= 4 is 10.9 Å². The Morgan fingerprint density at radius 1 is 0.525 bits per heavy atom. The highest BCUT2D eigenvalue weighted by atomic mass is 32.2. The van der Waals surface area contributed by atoms with E-state index >= 15 is 0 Å². The van der Waals surface area contributed by atoms with Crippen LogP contribution in [0.2, 0.25) is 0 Å². The van der Waals surface area contributed by atoms with Crippen molar-refractivity contribution in [1.29, 1.82) is 0 Å². The molecule has 0 aromatic heterocycles. The second-order valence-corrected chi connectivity index (χ2v) is 13.8. The lowest BCUT2D eigenvalue weighted by Gasteiger charge is -2.14. The Labute approximate surface area is 248 Å². The van der Waals surface area contributed by atoms with E-state index in [0.717, 1.165) is 18.8 Å². The van der Waals surface area contributed by atoms with Gasteiger partial charge in [0.2, 0.25) is 0 Å². The Balaban J connectivity index is 1.06. The first kappa shape index (κ1) is 30.8. The van der Waals surface area contributed by atoms with Gasteiger partial charge in [0.05, 0.1) is 6.61 Å². The van der Waals surface area contributed by atoms with Crippen molar-refractivity contribution in [3.63, 3.8) is 0 Å². The Hall–Kier alpha value is -2.19. The molecule has 0 N–H and O–H groups in total. The van der Waals surface area contributed by atoms with E-state index in [-0.39, 0.29) is 10.9 Å². The van der Waals surface area contributed by atoms with Crippen LogP contribution in [0.25, 0.3) is 11.1 Å². The van der Waals surface area contributed by atoms with Crippen molar-refractivity contribution in [2.24, 2.45) is 0 Å². The maximum absolute atomic E-state index is 6.10. The average Bonchev–Trinajstić information content (AvgIpc) is 3.33. The highest BCUT2D eigenvalue weighted by Gasteiger charge is 2.39. The third-order valence-corrected chi connectivity index (χ3v) is 10.8. The average molecular weight is 558 g/mol. The minimum atomic E-state index is 0.0864. The van der Waals surface area contributed by atoms with Crippen LogP contribution in [0.5, 0.6) is 5.75 Å². The lowest BCUT2D eigenvalue weighted by Crippen LogP contribution is -2.12.